The quantitative estimate of drug-likeness (QED) is 0.0941. The number of amides is 2. The number of nitro groups is 1. The first kappa shape index (κ1) is 27.9. The summed E-state index contributed by atoms with van der Waals surface area (Å²) in [6.45, 7) is 0. The molecule has 0 unspecified atom stereocenters. The molecule has 0 saturated carbocycles. The Balaban J connectivity index is 2.04. The molecule has 0 aliphatic heterocycles. The molecule has 7 N–H and O–H groups in total. The molecule has 2 amide bonds. The molecule has 0 fully saturated rings. The third-order valence-corrected chi connectivity index (χ3v) is 6.56. The third-order valence-electron chi connectivity index (χ3n) is 4.78. The van der Waals surface area contributed by atoms with Gasteiger partial charge in [0, 0.05) is 30.6 Å². The lowest BCUT2D eigenvalue weighted by Crippen LogP contribution is -2.19. The first-order valence-electron chi connectivity index (χ1n) is 10.1. The average Bonchev–Trinajstić information content (AvgIpc) is 2.82. The van der Waals surface area contributed by atoms with Crippen LogP contribution < -0.4 is 21.7 Å². The zero-order valence-electron chi connectivity index (χ0n) is 19.2. The molecule has 0 bridgehead atoms. The van der Waals surface area contributed by atoms with E-state index in [9.17, 15) is 40.8 Å². The Morgan fingerprint density at radius 1 is 0.868 bits per heavy atom. The topological polar surface area (TPSA) is 256 Å². The highest BCUT2D eigenvalue weighted by molar-refractivity contribution is 7.86. The molecule has 16 nitrogen and oxygen atoms in total. The van der Waals surface area contributed by atoms with Gasteiger partial charge in [0.25, 0.3) is 25.9 Å². The maximum atomic E-state index is 12.0. The molecule has 0 heterocycles. The molecule has 0 saturated heterocycles. The van der Waals surface area contributed by atoms with Crippen molar-refractivity contribution < 1.29 is 35.7 Å². The monoisotopic (exact) mass is 565 g/mol. The second kappa shape index (κ2) is 10.8. The Morgan fingerprint density at radius 3 is 2.05 bits per heavy atom. The Morgan fingerprint density at radius 2 is 1.47 bits per heavy atom. The lowest BCUT2D eigenvalue weighted by atomic mass is 10.2. The second-order valence-corrected chi connectivity index (χ2v) is 10.1. The number of primary amides is 1. The molecule has 18 heteroatoms. The Kier molecular flexibility index (Phi) is 7.91. The molecule has 38 heavy (non-hydrogen) atoms. The second-order valence-electron chi connectivity index (χ2n) is 7.37. The van der Waals surface area contributed by atoms with Crippen LogP contribution in [0.3, 0.4) is 0 Å². The maximum absolute atomic E-state index is 12.0. The number of azo groups is 1. The van der Waals surface area contributed by atoms with Gasteiger partial charge in [0.15, 0.2) is 0 Å². The number of hydrogen-bond donors (Lipinski definition) is 6. The highest BCUT2D eigenvalue weighted by Crippen LogP contribution is 2.35. The van der Waals surface area contributed by atoms with Crippen molar-refractivity contribution in [3.8, 4) is 0 Å². The van der Waals surface area contributed by atoms with Gasteiger partial charge in [-0.05, 0) is 42.5 Å². The van der Waals surface area contributed by atoms with Crippen molar-refractivity contribution in [1.82, 2.24) is 0 Å². The summed E-state index contributed by atoms with van der Waals surface area (Å²) >= 11 is 0. The molecule has 0 atom stereocenters. The van der Waals surface area contributed by atoms with Gasteiger partial charge in [-0.3, -0.25) is 19.2 Å². The van der Waals surface area contributed by atoms with Gasteiger partial charge >= 0.3 is 6.03 Å². The Labute approximate surface area is 215 Å². The number of urea groups is 1. The van der Waals surface area contributed by atoms with Crippen LogP contribution in [0.25, 0.3) is 0 Å². The number of carbonyl (C=O) groups excluding carboxylic acids is 1. The van der Waals surface area contributed by atoms with Gasteiger partial charge in [-0.15, -0.1) is 10.2 Å². The number of anilines is 4. The third kappa shape index (κ3) is 6.76. The van der Waals surface area contributed by atoms with E-state index in [4.69, 9.17) is 5.73 Å². The number of carbonyl (C=O) groups is 1. The molecular weight excluding hydrogens is 546 g/mol. The van der Waals surface area contributed by atoms with Gasteiger partial charge in [-0.2, -0.15) is 16.8 Å². The number of nitrogens with zero attached hydrogens (tertiary/aromatic N) is 3. The average molecular weight is 566 g/mol. The summed E-state index contributed by atoms with van der Waals surface area (Å²) in [7, 11) is -8.19. The van der Waals surface area contributed by atoms with Gasteiger partial charge in [0.1, 0.15) is 21.2 Å². The van der Waals surface area contributed by atoms with E-state index in [1.54, 1.807) is 13.1 Å². The first-order valence-corrected chi connectivity index (χ1v) is 13.0. The van der Waals surface area contributed by atoms with Crippen LogP contribution in [-0.4, -0.2) is 43.9 Å². The van der Waals surface area contributed by atoms with E-state index >= 15 is 0 Å². The summed E-state index contributed by atoms with van der Waals surface area (Å²) in [5.41, 5.74) is 4.64. The lowest BCUT2D eigenvalue weighted by Gasteiger charge is -2.12. The zero-order chi connectivity index (χ0) is 28.3. The zero-order valence-corrected chi connectivity index (χ0v) is 20.8. The smallest absolute Gasteiger partial charge is 0.316 e. The van der Waals surface area contributed by atoms with E-state index in [-0.39, 0.29) is 28.4 Å². The van der Waals surface area contributed by atoms with E-state index in [1.165, 1.54) is 18.2 Å². The highest BCUT2D eigenvalue weighted by atomic mass is 32.2. The van der Waals surface area contributed by atoms with Gasteiger partial charge in [0.2, 0.25) is 0 Å². The van der Waals surface area contributed by atoms with Crippen molar-refractivity contribution in [2.24, 2.45) is 16.0 Å². The number of hydrogen-bond acceptors (Lipinski definition) is 11. The summed E-state index contributed by atoms with van der Waals surface area (Å²) in [4.78, 5) is 19.8. The van der Waals surface area contributed by atoms with Crippen molar-refractivity contribution >= 4 is 66.1 Å². The standard InChI is InChI=1S/C20H19N7O9S2/c1-22-11-2-5-14(17(8-11)24-20(21)28)25-26-16-6-3-12(9-18(16)37(31,32)33)23-15-7-4-13(27(29)30)10-19(15)38(34,35)36/h2-10,22-23H,1H3,(H3,21,24,28)(H,31,32,33)(H,34,35,36). The number of non-ortho nitro benzene ring substituents is 1. The van der Waals surface area contributed by atoms with Crippen molar-refractivity contribution in [3.63, 3.8) is 0 Å². The number of nitrogens with one attached hydrogen (secondary N) is 3. The minimum absolute atomic E-state index is 0.0926. The van der Waals surface area contributed by atoms with Crippen LogP contribution in [0.2, 0.25) is 0 Å². The van der Waals surface area contributed by atoms with Gasteiger partial charge in [-0.25, -0.2) is 4.79 Å². The molecule has 0 aliphatic rings. The van der Waals surface area contributed by atoms with Gasteiger partial charge in [0.05, 0.1) is 16.3 Å². The molecule has 0 aliphatic carbocycles. The van der Waals surface area contributed by atoms with Crippen molar-refractivity contribution in [1.29, 1.82) is 0 Å². The van der Waals surface area contributed by atoms with Gasteiger partial charge in [-0.1, -0.05) is 0 Å². The van der Waals surface area contributed by atoms with Gasteiger partial charge < -0.3 is 21.7 Å². The summed E-state index contributed by atoms with van der Waals surface area (Å²) in [5, 5.41) is 26.5. The Hall–Kier alpha value is -4.65. The predicted molar refractivity (Wildman–Crippen MR) is 136 cm³/mol. The van der Waals surface area contributed by atoms with E-state index in [0.29, 0.717) is 11.8 Å². The van der Waals surface area contributed by atoms with Crippen LogP contribution in [0.4, 0.5) is 44.6 Å². The summed E-state index contributed by atoms with van der Waals surface area (Å²) in [6, 6.07) is 9.47. The minimum Gasteiger partial charge on any atom is -0.388 e. The summed E-state index contributed by atoms with van der Waals surface area (Å²) in [5.74, 6) is 0. The van der Waals surface area contributed by atoms with E-state index in [0.717, 1.165) is 24.3 Å². The fourth-order valence-corrected chi connectivity index (χ4v) is 4.41. The van der Waals surface area contributed by atoms with Crippen LogP contribution in [0, 0.1) is 10.1 Å². The summed E-state index contributed by atoms with van der Waals surface area (Å²) < 4.78 is 66.8. The van der Waals surface area contributed by atoms with Crippen LogP contribution in [-0.2, 0) is 20.2 Å². The van der Waals surface area contributed by atoms with Crippen molar-refractivity contribution in [2.75, 3.05) is 23.0 Å². The van der Waals surface area contributed by atoms with E-state index in [2.05, 4.69) is 26.2 Å². The molecule has 3 rings (SSSR count). The molecule has 0 aromatic heterocycles. The summed E-state index contributed by atoms with van der Waals surface area (Å²) in [6.07, 6.45) is 0. The highest BCUT2D eigenvalue weighted by Gasteiger charge is 2.22. The van der Waals surface area contributed by atoms with Crippen LogP contribution in [0.1, 0.15) is 0 Å². The molecule has 3 aromatic rings. The van der Waals surface area contributed by atoms with E-state index < -0.39 is 46.7 Å². The molecule has 3 aromatic carbocycles. The Bertz CT molecular complexity index is 1670. The number of benzene rings is 3. The molecule has 0 radical (unpaired) electrons. The van der Waals surface area contributed by atoms with Crippen LogP contribution >= 0.6 is 0 Å². The molecule has 0 spiro atoms. The fourth-order valence-electron chi connectivity index (χ4n) is 3.10. The van der Waals surface area contributed by atoms with Crippen LogP contribution in [0.15, 0.2) is 74.6 Å². The predicted octanol–water partition coefficient (Wildman–Crippen LogP) is 3.78. The number of rotatable bonds is 9. The minimum atomic E-state index is -4.92. The number of nitrogens with two attached hydrogens (primary N) is 1. The fraction of sp³-hybridized carbons (Fsp3) is 0.0500. The largest absolute Gasteiger partial charge is 0.388 e. The van der Waals surface area contributed by atoms with E-state index in [1.807, 2.05) is 0 Å². The van der Waals surface area contributed by atoms with Crippen molar-refractivity contribution in [3.05, 3.63) is 64.7 Å². The van der Waals surface area contributed by atoms with Crippen LogP contribution in [0.5, 0.6) is 0 Å². The van der Waals surface area contributed by atoms with Crippen molar-refractivity contribution in [2.45, 2.75) is 9.79 Å². The SMILES string of the molecule is CNc1ccc(N=Nc2ccc(Nc3ccc([N+](=O)[O-])cc3S(=O)(=O)O)cc2S(=O)(=O)O)c(NC(N)=O)c1. The lowest BCUT2D eigenvalue weighted by molar-refractivity contribution is -0.385. The normalized spacial score (nSPS) is 11.8. The maximum Gasteiger partial charge on any atom is 0.316 e. The number of nitro benzene ring substituents is 1. The first-order chi connectivity index (χ1) is 17.7. The molecule has 200 valence electrons. The molecular formula is C20H19N7O9S2.